The summed E-state index contributed by atoms with van der Waals surface area (Å²) in [7, 11) is -2.01. The number of halogens is 1. The molecule has 8 nitrogen and oxygen atoms in total. The van der Waals surface area contributed by atoms with Crippen LogP contribution in [0.5, 0.6) is 0 Å². The molecule has 0 radical (unpaired) electrons. The molecule has 10 heteroatoms. The van der Waals surface area contributed by atoms with Crippen molar-refractivity contribution in [2.24, 2.45) is 4.99 Å². The minimum Gasteiger partial charge on any atom is -0.357 e. The lowest BCUT2D eigenvalue weighted by molar-refractivity contribution is 0.555. The molecule has 0 fully saturated rings. The Morgan fingerprint density at radius 1 is 1.17 bits per heavy atom. The van der Waals surface area contributed by atoms with Crippen LogP contribution in [0, 0.1) is 13.8 Å². The van der Waals surface area contributed by atoms with Gasteiger partial charge >= 0.3 is 0 Å². The molecule has 2 rings (SSSR count). The minimum absolute atomic E-state index is 0. The van der Waals surface area contributed by atoms with Crippen LogP contribution in [0.15, 0.2) is 40.2 Å². The normalized spacial score (nSPS) is 11.8. The fourth-order valence-corrected chi connectivity index (χ4v) is 3.47. The summed E-state index contributed by atoms with van der Waals surface area (Å²) >= 11 is 0. The molecule has 1 aromatic carbocycles. The van der Waals surface area contributed by atoms with Crippen molar-refractivity contribution in [3.8, 4) is 0 Å². The first-order valence-electron chi connectivity index (χ1n) is 9.41. The average Bonchev–Trinajstić information content (AvgIpc) is 3.00. The third-order valence-corrected chi connectivity index (χ3v) is 5.64. The summed E-state index contributed by atoms with van der Waals surface area (Å²) in [6.07, 6.45) is 0.933. The molecule has 0 saturated carbocycles. The van der Waals surface area contributed by atoms with E-state index in [2.05, 4.69) is 38.4 Å². The maximum atomic E-state index is 11.8. The Kier molecular flexibility index (Phi) is 10.6. The van der Waals surface area contributed by atoms with Gasteiger partial charge in [0.15, 0.2) is 5.96 Å². The lowest BCUT2D eigenvalue weighted by atomic mass is 10.2. The third kappa shape index (κ3) is 7.94. The summed E-state index contributed by atoms with van der Waals surface area (Å²) in [6.45, 7) is 8.95. The minimum atomic E-state index is -3.41. The number of aryl methyl sites for hydroxylation is 3. The van der Waals surface area contributed by atoms with Crippen molar-refractivity contribution >= 4 is 40.0 Å². The first-order chi connectivity index (χ1) is 13.4. The number of sulfonamides is 1. The molecule has 1 aromatic heterocycles. The number of benzene rings is 1. The zero-order chi connectivity index (χ0) is 20.6. The van der Waals surface area contributed by atoms with E-state index < -0.39 is 10.0 Å². The van der Waals surface area contributed by atoms with Crippen LogP contribution in [0.3, 0.4) is 0 Å². The van der Waals surface area contributed by atoms with E-state index in [1.165, 1.54) is 12.7 Å². The number of hydrogen-bond acceptors (Lipinski definition) is 4. The second-order valence-electron chi connectivity index (χ2n) is 6.48. The van der Waals surface area contributed by atoms with Gasteiger partial charge in [-0.3, -0.25) is 4.68 Å². The van der Waals surface area contributed by atoms with E-state index in [1.807, 2.05) is 18.5 Å². The number of aromatic nitrogens is 2. The van der Waals surface area contributed by atoms with Gasteiger partial charge in [0.1, 0.15) is 0 Å². The van der Waals surface area contributed by atoms with Gasteiger partial charge < -0.3 is 10.6 Å². The second-order valence-corrected chi connectivity index (χ2v) is 8.36. The van der Waals surface area contributed by atoms with Gasteiger partial charge in [-0.05, 0) is 58.0 Å². The van der Waals surface area contributed by atoms with Crippen LogP contribution >= 0.6 is 24.0 Å². The molecule has 0 saturated heterocycles. The highest BCUT2D eigenvalue weighted by atomic mass is 127. The van der Waals surface area contributed by atoms with Gasteiger partial charge in [-0.15, -0.1) is 24.0 Å². The largest absolute Gasteiger partial charge is 0.357 e. The summed E-state index contributed by atoms with van der Waals surface area (Å²) in [5, 5.41) is 11.0. The molecule has 162 valence electrons. The Balaban J connectivity index is 0.00000420. The Hall–Kier alpha value is -1.66. The predicted molar refractivity (Wildman–Crippen MR) is 127 cm³/mol. The van der Waals surface area contributed by atoms with Gasteiger partial charge in [-0.2, -0.15) is 5.10 Å². The van der Waals surface area contributed by atoms with Gasteiger partial charge in [-0.1, -0.05) is 12.1 Å². The van der Waals surface area contributed by atoms with Crippen molar-refractivity contribution in [3.05, 3.63) is 47.3 Å². The van der Waals surface area contributed by atoms with Crippen molar-refractivity contribution in [2.75, 3.05) is 20.1 Å². The van der Waals surface area contributed by atoms with E-state index in [0.717, 1.165) is 43.3 Å². The van der Waals surface area contributed by atoms with E-state index in [0.29, 0.717) is 6.54 Å². The summed E-state index contributed by atoms with van der Waals surface area (Å²) in [5.74, 6) is 0.739. The molecule has 3 N–H and O–H groups in total. The Labute approximate surface area is 190 Å². The van der Waals surface area contributed by atoms with Crippen LogP contribution < -0.4 is 15.4 Å². The lowest BCUT2D eigenvalue weighted by Crippen LogP contribution is -2.38. The highest BCUT2D eigenvalue weighted by Crippen LogP contribution is 2.10. The number of nitrogens with one attached hydrogen (secondary N) is 3. The van der Waals surface area contributed by atoms with Crippen molar-refractivity contribution in [1.29, 1.82) is 0 Å². The van der Waals surface area contributed by atoms with Crippen LogP contribution in [0.2, 0.25) is 0 Å². The Morgan fingerprint density at radius 2 is 1.86 bits per heavy atom. The molecule has 0 amide bonds. The zero-order valence-corrected chi connectivity index (χ0v) is 20.5. The number of nitrogens with zero attached hydrogens (tertiary/aromatic N) is 3. The molecule has 0 atom stereocenters. The molecular formula is C19H31IN6O2S. The molecule has 0 aliphatic carbocycles. The fraction of sp³-hybridized carbons (Fsp3) is 0.474. The molecule has 1 heterocycles. The topological polar surface area (TPSA) is 100 Å². The number of rotatable bonds is 9. The highest BCUT2D eigenvalue weighted by molar-refractivity contribution is 14.0. The molecule has 0 spiro atoms. The van der Waals surface area contributed by atoms with Gasteiger partial charge in [0.25, 0.3) is 0 Å². The molecular weight excluding hydrogens is 503 g/mol. The zero-order valence-electron chi connectivity index (χ0n) is 17.4. The van der Waals surface area contributed by atoms with Gasteiger partial charge in [0.2, 0.25) is 10.0 Å². The van der Waals surface area contributed by atoms with E-state index >= 15 is 0 Å². The molecule has 0 bridgehead atoms. The van der Waals surface area contributed by atoms with Gasteiger partial charge in [0, 0.05) is 25.3 Å². The standard InChI is InChI=1S/C19H30N6O2S.HI/c1-5-21-19(22-11-6-12-25-16(3)13-15(2)24-25)23-14-17-7-9-18(10-8-17)28(26,27)20-4;/h7-10,13,20H,5-6,11-12,14H2,1-4H3,(H2,21,22,23);1H. The summed E-state index contributed by atoms with van der Waals surface area (Å²) < 4.78 is 27.9. The smallest absolute Gasteiger partial charge is 0.240 e. The second kappa shape index (κ2) is 12.1. The Morgan fingerprint density at radius 3 is 2.41 bits per heavy atom. The van der Waals surface area contributed by atoms with Crippen molar-refractivity contribution in [3.63, 3.8) is 0 Å². The summed E-state index contributed by atoms with van der Waals surface area (Å²) in [5.41, 5.74) is 3.14. The molecule has 0 unspecified atom stereocenters. The number of aliphatic imine (C=N–C) groups is 1. The Bertz CT molecular complexity index is 894. The highest BCUT2D eigenvalue weighted by Gasteiger charge is 2.10. The van der Waals surface area contributed by atoms with E-state index in [1.54, 1.807) is 24.3 Å². The number of hydrogen-bond donors (Lipinski definition) is 3. The van der Waals surface area contributed by atoms with Crippen LogP contribution in [-0.2, 0) is 23.1 Å². The van der Waals surface area contributed by atoms with Crippen LogP contribution in [0.25, 0.3) is 0 Å². The first kappa shape index (κ1) is 25.4. The SMILES string of the molecule is CCNC(=NCc1ccc(S(=O)(=O)NC)cc1)NCCCn1nc(C)cc1C.I. The molecule has 2 aromatic rings. The maximum Gasteiger partial charge on any atom is 0.240 e. The molecule has 0 aliphatic heterocycles. The van der Waals surface area contributed by atoms with Crippen LogP contribution in [0.1, 0.15) is 30.3 Å². The van der Waals surface area contributed by atoms with Gasteiger partial charge in [-0.25, -0.2) is 18.1 Å². The molecule has 29 heavy (non-hydrogen) atoms. The molecule has 0 aliphatic rings. The van der Waals surface area contributed by atoms with Crippen molar-refractivity contribution < 1.29 is 8.42 Å². The number of guanidine groups is 1. The van der Waals surface area contributed by atoms with Gasteiger partial charge in [0.05, 0.1) is 17.1 Å². The van der Waals surface area contributed by atoms with Crippen LogP contribution in [0.4, 0.5) is 0 Å². The van der Waals surface area contributed by atoms with Crippen molar-refractivity contribution in [2.45, 2.75) is 45.2 Å². The monoisotopic (exact) mass is 534 g/mol. The fourth-order valence-electron chi connectivity index (χ4n) is 2.74. The quantitative estimate of drug-likeness (QED) is 0.198. The van der Waals surface area contributed by atoms with Crippen molar-refractivity contribution in [1.82, 2.24) is 25.1 Å². The average molecular weight is 534 g/mol. The van der Waals surface area contributed by atoms with E-state index in [9.17, 15) is 8.42 Å². The first-order valence-corrected chi connectivity index (χ1v) is 10.9. The van der Waals surface area contributed by atoms with E-state index in [-0.39, 0.29) is 28.9 Å². The predicted octanol–water partition coefficient (Wildman–Crippen LogP) is 2.17. The van der Waals surface area contributed by atoms with Crippen LogP contribution in [-0.4, -0.2) is 44.3 Å². The summed E-state index contributed by atoms with van der Waals surface area (Å²) in [4.78, 5) is 4.82. The lowest BCUT2D eigenvalue weighted by Gasteiger charge is -2.12. The third-order valence-electron chi connectivity index (χ3n) is 4.21. The maximum absolute atomic E-state index is 11.8. The summed E-state index contributed by atoms with van der Waals surface area (Å²) in [6, 6.07) is 8.81. The van der Waals surface area contributed by atoms with E-state index in [4.69, 9.17) is 0 Å².